The second-order valence-corrected chi connectivity index (χ2v) is 12.1. The molecule has 4 rings (SSSR count). The second kappa shape index (κ2) is 11.4. The van der Waals surface area contributed by atoms with Crippen molar-refractivity contribution in [1.29, 1.82) is 0 Å². The van der Waals surface area contributed by atoms with Gasteiger partial charge in [-0.1, -0.05) is 79.1 Å². The van der Waals surface area contributed by atoms with Gasteiger partial charge in [0.25, 0.3) is 0 Å². The van der Waals surface area contributed by atoms with Crippen LogP contribution in [0.5, 0.6) is 0 Å². The van der Waals surface area contributed by atoms with Gasteiger partial charge in [0.2, 0.25) is 0 Å². The lowest BCUT2D eigenvalue weighted by atomic mass is 9.70. The molecule has 0 spiro atoms. The van der Waals surface area contributed by atoms with E-state index < -0.39 is 0 Å². The van der Waals surface area contributed by atoms with Crippen molar-refractivity contribution in [3.63, 3.8) is 0 Å². The second-order valence-electron chi connectivity index (χ2n) is 12.1. The van der Waals surface area contributed by atoms with Crippen molar-refractivity contribution in [3.8, 4) is 0 Å². The Morgan fingerprint density at radius 2 is 0.429 bits per heavy atom. The lowest BCUT2D eigenvalue weighted by molar-refractivity contribution is 0.155. The van der Waals surface area contributed by atoms with Gasteiger partial charge in [-0.25, -0.2) is 0 Å². The maximum Gasteiger partial charge on any atom is 0 e. The van der Waals surface area contributed by atoms with Crippen molar-refractivity contribution in [2.75, 3.05) is 0 Å². The fourth-order valence-electron chi connectivity index (χ4n) is 7.03. The van der Waals surface area contributed by atoms with Crippen LogP contribution in [0.3, 0.4) is 0 Å². The summed E-state index contributed by atoms with van der Waals surface area (Å²) in [5.74, 6) is 8.53. The summed E-state index contributed by atoms with van der Waals surface area (Å²) in [4.78, 5) is 0. The van der Waals surface area contributed by atoms with Crippen LogP contribution < -0.4 is 0 Å². The van der Waals surface area contributed by atoms with E-state index in [9.17, 15) is 0 Å². The van der Waals surface area contributed by atoms with Gasteiger partial charge in [0, 0.05) is 5.71 Å². The molecule has 4 saturated carbocycles. The Morgan fingerprint density at radius 3 is 0.571 bits per heavy atom. The molecule has 0 heterocycles. The number of hydrogen-bond acceptors (Lipinski definition) is 0. The summed E-state index contributed by atoms with van der Waals surface area (Å²) in [6.07, 6.45) is 24.4. The molecule has 4 aliphatic rings. The first-order chi connectivity index (χ1) is 13.5. The lowest BCUT2D eigenvalue weighted by Gasteiger charge is -2.36. The Morgan fingerprint density at radius 1 is 0.286 bits per heavy atom. The van der Waals surface area contributed by atoms with Gasteiger partial charge >= 0.3 is 0 Å². The average molecular weight is 397 g/mol. The van der Waals surface area contributed by atoms with Gasteiger partial charge in [-0.2, -0.15) is 0 Å². The summed E-state index contributed by atoms with van der Waals surface area (Å²) in [5, 5.41) is 0. The van der Waals surface area contributed by atoms with Gasteiger partial charge in [-0.15, -0.1) is 0 Å². The van der Waals surface area contributed by atoms with Crippen LogP contribution in [0.1, 0.15) is 136 Å². The molecule has 0 radical (unpaired) electrons. The molecule has 0 aromatic rings. The largest absolute Gasteiger partial charge is 0.0625 e. The van der Waals surface area contributed by atoms with Crippen LogP contribution in [-0.2, 0) is 0 Å². The third-order valence-corrected chi connectivity index (χ3v) is 9.58. The van der Waals surface area contributed by atoms with E-state index in [2.05, 4.69) is 27.7 Å². The van der Waals surface area contributed by atoms with Gasteiger partial charge in [0.1, 0.15) is 0 Å². The maximum atomic E-state index is 2.43. The van der Waals surface area contributed by atoms with Gasteiger partial charge in [0.05, 0.1) is 0 Å². The Balaban J connectivity index is 0. The van der Waals surface area contributed by atoms with E-state index in [-0.39, 0.29) is 5.71 Å². The van der Waals surface area contributed by atoms with Crippen molar-refractivity contribution in [2.45, 2.75) is 130 Å². The van der Waals surface area contributed by atoms with Gasteiger partial charge in [-0.05, 0) is 98.7 Å². The number of hydrogen-bond donors (Lipinski definition) is 0. The fourth-order valence-corrected chi connectivity index (χ4v) is 7.03. The van der Waals surface area contributed by atoms with Crippen LogP contribution in [-0.4, -0.2) is 0 Å². The molecule has 4 aliphatic carbocycles. The summed E-state index contributed by atoms with van der Waals surface area (Å²) < 4.78 is 0. The predicted octanol–water partition coefficient (Wildman–Crippen LogP) is 10.3. The van der Waals surface area contributed by atoms with Crippen LogP contribution in [0, 0.1) is 47.3 Å². The zero-order valence-corrected chi connectivity index (χ0v) is 19.9. The molecule has 4 fully saturated rings. The van der Waals surface area contributed by atoms with Crippen molar-refractivity contribution >= 4 is 0 Å². The first-order valence-electron chi connectivity index (χ1n) is 13.5. The molecule has 0 amide bonds. The molecule has 0 aromatic heterocycles. The number of rotatable bonds is 2. The lowest BCUT2D eigenvalue weighted by Crippen LogP contribution is -2.24. The summed E-state index contributed by atoms with van der Waals surface area (Å²) in [7, 11) is 0. The minimum Gasteiger partial charge on any atom is -0.0625 e. The topological polar surface area (TPSA) is 0 Å². The highest BCUT2D eigenvalue weighted by Crippen LogP contribution is 2.42. The quantitative estimate of drug-likeness (QED) is 0.435. The van der Waals surface area contributed by atoms with E-state index in [4.69, 9.17) is 0 Å². The molecule has 0 bridgehead atoms. The van der Waals surface area contributed by atoms with Crippen molar-refractivity contribution in [3.05, 3.63) is 0 Å². The standard InChI is InChI=1S/2C14H26.4H2/c2*1-11-3-7-13(8-4-11)14-9-5-12(2)6-10-14;;;;/h2*11-14H,3-10H2,1-2H3;4*1H. The van der Waals surface area contributed by atoms with E-state index in [1.165, 1.54) is 51.4 Å². The van der Waals surface area contributed by atoms with Crippen molar-refractivity contribution < 1.29 is 5.71 Å². The average Bonchev–Trinajstić information content (AvgIpc) is 2.71. The molecule has 28 heavy (non-hydrogen) atoms. The Labute approximate surface area is 184 Å². The Hall–Kier alpha value is 0. The summed E-state index contributed by atoms with van der Waals surface area (Å²) >= 11 is 0. The van der Waals surface area contributed by atoms with Crippen LogP contribution in [0.2, 0.25) is 0 Å². The van der Waals surface area contributed by atoms with E-state index in [0.717, 1.165) is 47.3 Å². The zero-order chi connectivity index (χ0) is 19.9. The van der Waals surface area contributed by atoms with Gasteiger partial charge in [-0.3, -0.25) is 0 Å². The monoisotopic (exact) mass is 396 g/mol. The maximum absolute atomic E-state index is 2.43. The summed E-state index contributed by atoms with van der Waals surface area (Å²) in [5.41, 5.74) is 0. The third kappa shape index (κ3) is 7.05. The Kier molecular flexibility index (Phi) is 9.24. The predicted molar refractivity (Wildman–Crippen MR) is 133 cm³/mol. The molecule has 172 valence electrons. The van der Waals surface area contributed by atoms with Crippen molar-refractivity contribution in [2.24, 2.45) is 47.3 Å². The van der Waals surface area contributed by atoms with Gasteiger partial charge < -0.3 is 0 Å². The van der Waals surface area contributed by atoms with Crippen molar-refractivity contribution in [1.82, 2.24) is 0 Å². The van der Waals surface area contributed by atoms with E-state index in [0.29, 0.717) is 0 Å². The van der Waals surface area contributed by atoms with E-state index in [1.54, 1.807) is 51.4 Å². The zero-order valence-electron chi connectivity index (χ0n) is 19.9. The van der Waals surface area contributed by atoms with Crippen LogP contribution >= 0.6 is 0 Å². The first-order valence-corrected chi connectivity index (χ1v) is 13.5. The van der Waals surface area contributed by atoms with Gasteiger partial charge in [0.15, 0.2) is 0 Å². The Bertz CT molecular complexity index is 331. The minimum absolute atomic E-state index is 0. The molecular formula is C28H60. The van der Waals surface area contributed by atoms with Crippen LogP contribution in [0.15, 0.2) is 0 Å². The smallest absolute Gasteiger partial charge is 0 e. The van der Waals surface area contributed by atoms with E-state index >= 15 is 0 Å². The van der Waals surface area contributed by atoms with Crippen LogP contribution in [0.4, 0.5) is 0 Å². The first kappa shape index (κ1) is 22.7. The molecule has 0 aromatic carbocycles. The summed E-state index contributed by atoms with van der Waals surface area (Å²) in [6, 6.07) is 0. The summed E-state index contributed by atoms with van der Waals surface area (Å²) in [6.45, 7) is 9.72. The highest BCUT2D eigenvalue weighted by molar-refractivity contribution is 4.81. The van der Waals surface area contributed by atoms with Crippen LogP contribution in [0.25, 0.3) is 0 Å². The fraction of sp³-hybridized carbons (Fsp3) is 1.00. The molecule has 0 saturated heterocycles. The molecular weight excluding hydrogens is 336 g/mol. The van der Waals surface area contributed by atoms with E-state index in [1.807, 2.05) is 0 Å². The molecule has 0 atom stereocenters. The molecule has 0 nitrogen and oxygen atoms in total. The SMILES string of the molecule is CC1CCC(C2CCC(C)CC2)CC1.CC1CCC(C2CCC(C)CC2)CC1.[HH].[HH].[HH].[HH]. The molecule has 0 aliphatic heterocycles. The molecule has 0 unspecified atom stereocenters. The molecule has 0 heteroatoms. The molecule has 0 N–H and O–H groups in total. The normalized spacial score (nSPS) is 45.0. The third-order valence-electron chi connectivity index (χ3n) is 9.58. The highest BCUT2D eigenvalue weighted by Gasteiger charge is 2.29. The minimum atomic E-state index is 0. The highest BCUT2D eigenvalue weighted by atomic mass is 14.3.